The van der Waals surface area contributed by atoms with Crippen LogP contribution in [0.1, 0.15) is 37.9 Å². The van der Waals surface area contributed by atoms with Crippen LogP contribution in [0.4, 0.5) is 24.7 Å². The minimum absolute atomic E-state index is 0.0671. The molecule has 11 heteroatoms. The number of nitrogens with one attached hydrogen (secondary N) is 3. The second kappa shape index (κ2) is 10.1. The largest absolute Gasteiger partial charge is 0.407 e. The number of hydrogen-bond acceptors (Lipinski definition) is 6. The highest BCUT2D eigenvalue weighted by Crippen LogP contribution is 2.35. The summed E-state index contributed by atoms with van der Waals surface area (Å²) in [4.78, 5) is 15.3. The van der Waals surface area contributed by atoms with Crippen LogP contribution in [0.5, 0.6) is 0 Å². The topological polar surface area (TPSA) is 108 Å². The van der Waals surface area contributed by atoms with Gasteiger partial charge in [-0.25, -0.2) is 0 Å². The van der Waals surface area contributed by atoms with E-state index in [1.165, 1.54) is 30.5 Å². The van der Waals surface area contributed by atoms with Crippen LogP contribution in [0, 0.1) is 23.2 Å². The van der Waals surface area contributed by atoms with E-state index >= 15 is 0 Å². The highest BCUT2D eigenvalue weighted by Gasteiger charge is 2.40. The molecule has 3 atom stereocenters. The fraction of sp³-hybridized carbons (Fsp3) is 0.458. The molecule has 0 saturated carbocycles. The lowest BCUT2D eigenvalue weighted by atomic mass is 9.96. The van der Waals surface area contributed by atoms with E-state index < -0.39 is 12.2 Å². The maximum Gasteiger partial charge on any atom is 0.407 e. The highest BCUT2D eigenvalue weighted by atomic mass is 19.4. The molecular weight excluding hydrogens is 461 g/mol. The maximum atomic E-state index is 13.6. The van der Waals surface area contributed by atoms with Gasteiger partial charge in [-0.05, 0) is 42.6 Å². The third-order valence-corrected chi connectivity index (χ3v) is 6.00. The first-order valence-electron chi connectivity index (χ1n) is 11.4. The Morgan fingerprint density at radius 3 is 2.69 bits per heavy atom. The minimum Gasteiger partial charge on any atom is -0.379 e. The fourth-order valence-corrected chi connectivity index (χ4v) is 4.23. The normalized spacial score (nSPS) is 19.6. The van der Waals surface area contributed by atoms with Crippen LogP contribution in [0.2, 0.25) is 0 Å². The number of hydrogen-bond donors (Lipinski definition) is 3. The average Bonchev–Trinajstić information content (AvgIpc) is 3.18. The summed E-state index contributed by atoms with van der Waals surface area (Å²) < 4.78 is 48.0. The van der Waals surface area contributed by atoms with Gasteiger partial charge < -0.3 is 20.4 Å². The molecule has 1 aliphatic rings. The van der Waals surface area contributed by atoms with Gasteiger partial charge in [-0.15, -0.1) is 0 Å². The lowest BCUT2D eigenvalue weighted by Crippen LogP contribution is -2.36. The summed E-state index contributed by atoms with van der Waals surface area (Å²) in [6.07, 6.45) is -2.37. The third kappa shape index (κ3) is 5.33. The monoisotopic (exact) mass is 488 g/mol. The van der Waals surface area contributed by atoms with Crippen LogP contribution in [0.15, 0.2) is 41.3 Å². The highest BCUT2D eigenvalue weighted by molar-refractivity contribution is 5.91. The number of H-pyrrole nitrogens is 1. The summed E-state index contributed by atoms with van der Waals surface area (Å²) >= 11 is 0. The van der Waals surface area contributed by atoms with Gasteiger partial charge in [-0.2, -0.15) is 23.5 Å². The molecule has 8 nitrogen and oxygen atoms in total. The SMILES string of the molecule is CC(C)CNC(c1ccc(Nc2nn(C3COCCC3C#N)c3cc[nH]c(=O)c23)cc1)C(F)(F)F. The Morgan fingerprint density at radius 2 is 2.03 bits per heavy atom. The summed E-state index contributed by atoms with van der Waals surface area (Å²) in [5, 5.41) is 20.1. The van der Waals surface area contributed by atoms with Crippen molar-refractivity contribution in [2.75, 3.05) is 25.1 Å². The predicted octanol–water partition coefficient (Wildman–Crippen LogP) is 4.42. The number of nitriles is 1. The summed E-state index contributed by atoms with van der Waals surface area (Å²) in [5.41, 5.74) is 0.741. The van der Waals surface area contributed by atoms with E-state index in [4.69, 9.17) is 4.74 Å². The molecule has 0 bridgehead atoms. The molecule has 35 heavy (non-hydrogen) atoms. The van der Waals surface area contributed by atoms with Crippen molar-refractivity contribution in [3.05, 3.63) is 52.4 Å². The summed E-state index contributed by atoms with van der Waals surface area (Å²) in [5.74, 6) is -0.00412. The zero-order valence-corrected chi connectivity index (χ0v) is 19.4. The Labute approximate surface area is 200 Å². The average molecular weight is 489 g/mol. The number of aromatic nitrogens is 3. The Balaban J connectivity index is 1.65. The molecule has 0 radical (unpaired) electrons. The molecule has 3 aromatic rings. The van der Waals surface area contributed by atoms with E-state index in [1.54, 1.807) is 10.7 Å². The lowest BCUT2D eigenvalue weighted by molar-refractivity contribution is -0.158. The molecule has 1 aromatic carbocycles. The van der Waals surface area contributed by atoms with Crippen molar-refractivity contribution < 1.29 is 17.9 Å². The molecule has 4 rings (SSSR count). The zero-order chi connectivity index (χ0) is 25.2. The van der Waals surface area contributed by atoms with E-state index in [0.717, 1.165) is 0 Å². The van der Waals surface area contributed by atoms with Gasteiger partial charge in [0.2, 0.25) is 0 Å². The van der Waals surface area contributed by atoms with E-state index in [0.29, 0.717) is 29.6 Å². The number of aromatic amines is 1. The second-order valence-corrected chi connectivity index (χ2v) is 9.05. The van der Waals surface area contributed by atoms with Crippen LogP contribution in [0.3, 0.4) is 0 Å². The van der Waals surface area contributed by atoms with Crippen LogP contribution < -0.4 is 16.2 Å². The number of halogens is 3. The van der Waals surface area contributed by atoms with Crippen molar-refractivity contribution >= 4 is 22.4 Å². The van der Waals surface area contributed by atoms with Gasteiger partial charge in [-0.3, -0.25) is 9.48 Å². The first kappa shape index (κ1) is 24.8. The van der Waals surface area contributed by atoms with E-state index in [1.807, 2.05) is 13.8 Å². The molecule has 0 amide bonds. The molecule has 1 saturated heterocycles. The molecular formula is C24H27F3N6O2. The van der Waals surface area contributed by atoms with Crippen molar-refractivity contribution in [3.8, 4) is 6.07 Å². The summed E-state index contributed by atoms with van der Waals surface area (Å²) in [6.45, 7) is 4.69. The molecule has 3 N–H and O–H groups in total. The van der Waals surface area contributed by atoms with Crippen molar-refractivity contribution in [3.63, 3.8) is 0 Å². The number of benzene rings is 1. The quantitative estimate of drug-likeness (QED) is 0.455. The molecule has 2 aromatic heterocycles. The van der Waals surface area contributed by atoms with Gasteiger partial charge in [0.05, 0.1) is 30.2 Å². The van der Waals surface area contributed by atoms with Gasteiger partial charge in [0.15, 0.2) is 5.82 Å². The molecule has 3 unspecified atom stereocenters. The van der Waals surface area contributed by atoms with E-state index in [9.17, 15) is 23.2 Å². The number of ether oxygens (including phenoxy) is 1. The number of alkyl halides is 3. The Bertz CT molecular complexity index is 1260. The summed E-state index contributed by atoms with van der Waals surface area (Å²) in [7, 11) is 0. The minimum atomic E-state index is -4.44. The van der Waals surface area contributed by atoms with Crippen molar-refractivity contribution in [2.45, 2.75) is 38.5 Å². The Kier molecular flexibility index (Phi) is 7.14. The Hall–Kier alpha value is -3.36. The van der Waals surface area contributed by atoms with Gasteiger partial charge in [0, 0.05) is 18.5 Å². The smallest absolute Gasteiger partial charge is 0.379 e. The van der Waals surface area contributed by atoms with Crippen LogP contribution in [0.25, 0.3) is 10.9 Å². The van der Waals surface area contributed by atoms with Crippen molar-refractivity contribution in [2.24, 2.45) is 11.8 Å². The number of anilines is 2. The number of pyridine rings is 1. The molecule has 1 fully saturated rings. The second-order valence-electron chi connectivity index (χ2n) is 9.05. The standard InChI is InChI=1S/C24H27F3N6O2/c1-14(2)12-30-21(24(25,26)27)15-3-5-17(6-4-15)31-22-20-18(7-9-29-23(20)34)33(32-22)19-13-35-10-8-16(19)11-28/h3-7,9,14,16,19,21,30H,8,10,12-13H2,1-2H3,(H,29,34)(H,31,32). The van der Waals surface area contributed by atoms with Crippen LogP contribution in [-0.2, 0) is 4.74 Å². The van der Waals surface area contributed by atoms with Crippen LogP contribution in [-0.4, -0.2) is 40.7 Å². The lowest BCUT2D eigenvalue weighted by Gasteiger charge is -2.27. The van der Waals surface area contributed by atoms with Gasteiger partial charge in [0.1, 0.15) is 11.4 Å². The van der Waals surface area contributed by atoms with Gasteiger partial charge in [0.25, 0.3) is 5.56 Å². The van der Waals surface area contributed by atoms with E-state index in [-0.39, 0.29) is 48.0 Å². The first-order chi connectivity index (χ1) is 16.7. The Morgan fingerprint density at radius 1 is 1.29 bits per heavy atom. The van der Waals surface area contributed by atoms with Crippen molar-refractivity contribution in [1.29, 1.82) is 5.26 Å². The number of nitrogens with zero attached hydrogens (tertiary/aromatic N) is 3. The predicted molar refractivity (Wildman–Crippen MR) is 125 cm³/mol. The molecule has 0 spiro atoms. The molecule has 186 valence electrons. The van der Waals surface area contributed by atoms with Crippen molar-refractivity contribution in [1.82, 2.24) is 20.1 Å². The number of rotatable bonds is 7. The molecule has 1 aliphatic heterocycles. The van der Waals surface area contributed by atoms with Gasteiger partial charge >= 0.3 is 6.18 Å². The molecule has 0 aliphatic carbocycles. The zero-order valence-electron chi connectivity index (χ0n) is 19.4. The van der Waals surface area contributed by atoms with Crippen LogP contribution >= 0.6 is 0 Å². The first-order valence-corrected chi connectivity index (χ1v) is 11.4. The van der Waals surface area contributed by atoms with E-state index in [2.05, 4.69) is 26.8 Å². The number of fused-ring (bicyclic) bond motifs is 1. The fourth-order valence-electron chi connectivity index (χ4n) is 4.23. The maximum absolute atomic E-state index is 13.6. The summed E-state index contributed by atoms with van der Waals surface area (Å²) in [6, 6.07) is 7.70. The molecule has 3 heterocycles. The van der Waals surface area contributed by atoms with Gasteiger partial charge in [-0.1, -0.05) is 26.0 Å². The third-order valence-electron chi connectivity index (χ3n) is 6.00.